The molecule has 7 heteroatoms. The number of carbonyl (C=O) groups excluding carboxylic acids is 3. The van der Waals surface area contributed by atoms with E-state index in [1.165, 1.54) is 10.5 Å². The first kappa shape index (κ1) is 18.4. The molecule has 1 aromatic carbocycles. The minimum absolute atomic E-state index is 0.0270. The van der Waals surface area contributed by atoms with E-state index in [4.69, 9.17) is 0 Å². The van der Waals surface area contributed by atoms with E-state index < -0.39 is 0 Å². The molecule has 0 unspecified atom stereocenters. The molecule has 3 amide bonds. The van der Waals surface area contributed by atoms with Crippen molar-refractivity contribution in [1.82, 2.24) is 20.0 Å². The number of benzene rings is 1. The third-order valence-electron chi connectivity index (χ3n) is 4.92. The molecule has 2 aliphatic heterocycles. The van der Waals surface area contributed by atoms with Gasteiger partial charge in [0.2, 0.25) is 17.7 Å². The summed E-state index contributed by atoms with van der Waals surface area (Å²) in [4.78, 5) is 41.6. The SMILES string of the molecule is O=C1CN(C(=O)CCC(=O)N2CCN(Cc3ccccc3)CC2)CCN1. The van der Waals surface area contributed by atoms with E-state index in [1.807, 2.05) is 23.1 Å². The Kier molecular flexibility index (Phi) is 6.22. The molecular formula is C19H26N4O3. The van der Waals surface area contributed by atoms with Gasteiger partial charge >= 0.3 is 0 Å². The molecule has 26 heavy (non-hydrogen) atoms. The van der Waals surface area contributed by atoms with Crippen LogP contribution in [0.1, 0.15) is 18.4 Å². The summed E-state index contributed by atoms with van der Waals surface area (Å²) in [6.45, 7) is 5.11. The van der Waals surface area contributed by atoms with E-state index in [0.717, 1.165) is 19.6 Å². The highest BCUT2D eigenvalue weighted by molar-refractivity contribution is 5.88. The molecule has 3 rings (SSSR count). The maximum Gasteiger partial charge on any atom is 0.239 e. The maximum atomic E-state index is 12.4. The third-order valence-corrected chi connectivity index (χ3v) is 4.92. The Hall–Kier alpha value is -2.41. The van der Waals surface area contributed by atoms with Crippen molar-refractivity contribution in [3.63, 3.8) is 0 Å². The molecule has 0 saturated carbocycles. The summed E-state index contributed by atoms with van der Waals surface area (Å²) < 4.78 is 0. The molecule has 0 atom stereocenters. The molecule has 0 aliphatic carbocycles. The largest absolute Gasteiger partial charge is 0.353 e. The van der Waals surface area contributed by atoms with Crippen LogP contribution in [-0.4, -0.2) is 78.2 Å². The molecule has 2 fully saturated rings. The van der Waals surface area contributed by atoms with E-state index in [1.54, 1.807) is 0 Å². The summed E-state index contributed by atoms with van der Waals surface area (Å²) in [6, 6.07) is 10.3. The van der Waals surface area contributed by atoms with Crippen LogP contribution in [0.4, 0.5) is 0 Å². The highest BCUT2D eigenvalue weighted by atomic mass is 16.2. The standard InChI is InChI=1S/C19H26N4O3/c24-17-15-23(9-8-20-17)19(26)7-6-18(25)22-12-10-21(11-13-22)14-16-4-2-1-3-5-16/h1-5H,6-15H2,(H,20,24). The Morgan fingerprint density at radius 2 is 1.54 bits per heavy atom. The van der Waals surface area contributed by atoms with E-state index in [-0.39, 0.29) is 37.1 Å². The second kappa shape index (κ2) is 8.80. The minimum Gasteiger partial charge on any atom is -0.353 e. The van der Waals surface area contributed by atoms with Crippen molar-refractivity contribution in [2.75, 3.05) is 45.8 Å². The average molecular weight is 358 g/mol. The van der Waals surface area contributed by atoms with Crippen LogP contribution in [0.25, 0.3) is 0 Å². The van der Waals surface area contributed by atoms with Crippen LogP contribution in [-0.2, 0) is 20.9 Å². The van der Waals surface area contributed by atoms with Gasteiger partial charge in [0, 0.05) is 58.7 Å². The van der Waals surface area contributed by atoms with Crippen molar-refractivity contribution in [3.8, 4) is 0 Å². The topological polar surface area (TPSA) is 73.0 Å². The second-order valence-electron chi connectivity index (χ2n) is 6.81. The van der Waals surface area contributed by atoms with Gasteiger partial charge < -0.3 is 15.1 Å². The maximum absolute atomic E-state index is 12.4. The van der Waals surface area contributed by atoms with Gasteiger partial charge in [-0.3, -0.25) is 19.3 Å². The van der Waals surface area contributed by atoms with Crippen molar-refractivity contribution in [2.24, 2.45) is 0 Å². The molecular weight excluding hydrogens is 332 g/mol. The second-order valence-corrected chi connectivity index (χ2v) is 6.81. The lowest BCUT2D eigenvalue weighted by Gasteiger charge is -2.35. The van der Waals surface area contributed by atoms with Gasteiger partial charge in [-0.1, -0.05) is 30.3 Å². The predicted molar refractivity (Wildman–Crippen MR) is 97.1 cm³/mol. The highest BCUT2D eigenvalue weighted by Gasteiger charge is 2.24. The molecule has 0 radical (unpaired) electrons. The van der Waals surface area contributed by atoms with Gasteiger partial charge in [-0.15, -0.1) is 0 Å². The summed E-state index contributed by atoms with van der Waals surface area (Å²) in [5.41, 5.74) is 1.28. The first-order valence-corrected chi connectivity index (χ1v) is 9.20. The van der Waals surface area contributed by atoms with E-state index >= 15 is 0 Å². The fourth-order valence-corrected chi connectivity index (χ4v) is 3.38. The lowest BCUT2D eigenvalue weighted by molar-refractivity contribution is -0.140. The fourth-order valence-electron chi connectivity index (χ4n) is 3.38. The van der Waals surface area contributed by atoms with E-state index in [9.17, 15) is 14.4 Å². The fraction of sp³-hybridized carbons (Fsp3) is 0.526. The molecule has 140 valence electrons. The van der Waals surface area contributed by atoms with Crippen molar-refractivity contribution in [3.05, 3.63) is 35.9 Å². The van der Waals surface area contributed by atoms with Gasteiger partial charge in [-0.25, -0.2) is 0 Å². The van der Waals surface area contributed by atoms with Crippen molar-refractivity contribution >= 4 is 17.7 Å². The van der Waals surface area contributed by atoms with Gasteiger partial charge in [0.05, 0.1) is 6.54 Å². The van der Waals surface area contributed by atoms with Gasteiger partial charge in [0.25, 0.3) is 0 Å². The number of rotatable bonds is 5. The quantitative estimate of drug-likeness (QED) is 0.808. The molecule has 1 N–H and O–H groups in total. The Labute approximate surface area is 153 Å². The smallest absolute Gasteiger partial charge is 0.239 e. The van der Waals surface area contributed by atoms with Crippen LogP contribution >= 0.6 is 0 Å². The molecule has 2 heterocycles. The van der Waals surface area contributed by atoms with Gasteiger partial charge in [0.1, 0.15) is 0 Å². The lowest BCUT2D eigenvalue weighted by Crippen LogP contribution is -2.50. The van der Waals surface area contributed by atoms with Crippen LogP contribution in [0, 0.1) is 0 Å². The Bertz CT molecular complexity index is 641. The number of amides is 3. The number of carbonyl (C=O) groups is 3. The van der Waals surface area contributed by atoms with E-state index in [2.05, 4.69) is 22.3 Å². The van der Waals surface area contributed by atoms with Crippen LogP contribution in [0.3, 0.4) is 0 Å². The summed E-state index contributed by atoms with van der Waals surface area (Å²) in [5, 5.41) is 2.69. The number of nitrogens with zero attached hydrogens (tertiary/aromatic N) is 3. The summed E-state index contributed by atoms with van der Waals surface area (Å²) in [6.07, 6.45) is 0.395. The van der Waals surface area contributed by atoms with Crippen LogP contribution in [0.15, 0.2) is 30.3 Å². The summed E-state index contributed by atoms with van der Waals surface area (Å²) in [5.74, 6) is -0.222. The van der Waals surface area contributed by atoms with Gasteiger partial charge in [-0.05, 0) is 5.56 Å². The van der Waals surface area contributed by atoms with E-state index in [0.29, 0.717) is 26.2 Å². The molecule has 2 aliphatic rings. The Morgan fingerprint density at radius 3 is 2.19 bits per heavy atom. The predicted octanol–water partition coefficient (Wildman–Crippen LogP) is 0.0694. The zero-order valence-corrected chi connectivity index (χ0v) is 15.0. The molecule has 0 bridgehead atoms. The summed E-state index contributed by atoms with van der Waals surface area (Å²) in [7, 11) is 0. The molecule has 2 saturated heterocycles. The highest BCUT2D eigenvalue weighted by Crippen LogP contribution is 2.10. The van der Waals surface area contributed by atoms with Crippen LogP contribution < -0.4 is 5.32 Å². The number of hydrogen-bond acceptors (Lipinski definition) is 4. The zero-order chi connectivity index (χ0) is 18.4. The van der Waals surface area contributed by atoms with Crippen molar-refractivity contribution in [1.29, 1.82) is 0 Å². The molecule has 1 aromatic rings. The van der Waals surface area contributed by atoms with Crippen molar-refractivity contribution in [2.45, 2.75) is 19.4 Å². The Balaban J connectivity index is 1.38. The first-order valence-electron chi connectivity index (χ1n) is 9.20. The lowest BCUT2D eigenvalue weighted by atomic mass is 10.2. The number of piperazine rings is 2. The first-order chi connectivity index (χ1) is 12.6. The van der Waals surface area contributed by atoms with Crippen LogP contribution in [0.5, 0.6) is 0 Å². The molecule has 7 nitrogen and oxygen atoms in total. The summed E-state index contributed by atoms with van der Waals surface area (Å²) >= 11 is 0. The van der Waals surface area contributed by atoms with Crippen molar-refractivity contribution < 1.29 is 14.4 Å². The Morgan fingerprint density at radius 1 is 0.885 bits per heavy atom. The normalized spacial score (nSPS) is 18.5. The minimum atomic E-state index is -0.134. The van der Waals surface area contributed by atoms with Crippen LogP contribution in [0.2, 0.25) is 0 Å². The van der Waals surface area contributed by atoms with Gasteiger partial charge in [-0.2, -0.15) is 0 Å². The number of hydrogen-bond donors (Lipinski definition) is 1. The average Bonchev–Trinajstić information content (AvgIpc) is 2.67. The van der Waals surface area contributed by atoms with Gasteiger partial charge in [0.15, 0.2) is 0 Å². The molecule has 0 spiro atoms. The monoisotopic (exact) mass is 358 g/mol. The number of nitrogens with one attached hydrogen (secondary N) is 1. The zero-order valence-electron chi connectivity index (χ0n) is 15.0. The molecule has 0 aromatic heterocycles. The third kappa shape index (κ3) is 5.05.